The van der Waals surface area contributed by atoms with Crippen molar-refractivity contribution in [1.29, 1.82) is 5.26 Å². The summed E-state index contributed by atoms with van der Waals surface area (Å²) in [7, 11) is 1.66. The zero-order valence-corrected chi connectivity index (χ0v) is 12.2. The molecule has 1 fully saturated rings. The average molecular weight is 288 g/mol. The minimum Gasteiger partial charge on any atom is -0.482 e. The lowest BCUT2D eigenvalue weighted by atomic mass is 10.0. The van der Waals surface area contributed by atoms with Gasteiger partial charge in [-0.05, 0) is 25.0 Å². The quantitative estimate of drug-likeness (QED) is 0.895. The van der Waals surface area contributed by atoms with Gasteiger partial charge in [0, 0.05) is 13.6 Å². The van der Waals surface area contributed by atoms with Gasteiger partial charge in [0.15, 0.2) is 6.61 Å². The third-order valence-corrected chi connectivity index (χ3v) is 3.85. The molecule has 1 saturated carbocycles. The number of amides is 1. The minimum atomic E-state index is -0.755. The molecular formula is C16H20N2O3. The first-order valence-electron chi connectivity index (χ1n) is 7.12. The van der Waals surface area contributed by atoms with E-state index in [1.54, 1.807) is 31.3 Å². The van der Waals surface area contributed by atoms with Gasteiger partial charge < -0.3 is 14.7 Å². The summed E-state index contributed by atoms with van der Waals surface area (Å²) < 4.78 is 5.41. The van der Waals surface area contributed by atoms with Crippen molar-refractivity contribution >= 4 is 5.91 Å². The maximum atomic E-state index is 12.1. The number of hydrogen-bond acceptors (Lipinski definition) is 4. The fraction of sp³-hybridized carbons (Fsp3) is 0.500. The highest BCUT2D eigenvalue weighted by Crippen LogP contribution is 2.29. The number of ether oxygens (including phenoxy) is 1. The maximum absolute atomic E-state index is 12.1. The fourth-order valence-electron chi connectivity index (χ4n) is 2.66. The van der Waals surface area contributed by atoms with E-state index in [1.165, 1.54) is 4.90 Å². The molecule has 112 valence electrons. The van der Waals surface area contributed by atoms with Gasteiger partial charge in [0.1, 0.15) is 11.8 Å². The van der Waals surface area contributed by atoms with Gasteiger partial charge in [0.05, 0.1) is 11.2 Å². The first-order chi connectivity index (χ1) is 10.0. The predicted octanol–water partition coefficient (Wildman–Crippen LogP) is 1.70. The largest absolute Gasteiger partial charge is 0.482 e. The normalized spacial score (nSPS) is 16.2. The van der Waals surface area contributed by atoms with Crippen LogP contribution in [0.15, 0.2) is 24.3 Å². The smallest absolute Gasteiger partial charge is 0.260 e. The van der Waals surface area contributed by atoms with Gasteiger partial charge >= 0.3 is 0 Å². The second kappa shape index (κ2) is 6.59. The van der Waals surface area contributed by atoms with Crippen molar-refractivity contribution in [2.45, 2.75) is 31.3 Å². The van der Waals surface area contributed by atoms with E-state index in [9.17, 15) is 9.90 Å². The van der Waals surface area contributed by atoms with Crippen molar-refractivity contribution < 1.29 is 14.6 Å². The number of likely N-dealkylation sites (N-methyl/N-ethyl adjacent to an activating group) is 1. The Morgan fingerprint density at radius 1 is 1.43 bits per heavy atom. The summed E-state index contributed by atoms with van der Waals surface area (Å²) in [5.74, 6) is 0.199. The summed E-state index contributed by atoms with van der Waals surface area (Å²) in [4.78, 5) is 13.6. The molecule has 21 heavy (non-hydrogen) atoms. The van der Waals surface area contributed by atoms with Crippen molar-refractivity contribution in [2.24, 2.45) is 0 Å². The van der Waals surface area contributed by atoms with E-state index in [1.807, 2.05) is 6.07 Å². The van der Waals surface area contributed by atoms with E-state index in [2.05, 4.69) is 0 Å². The minimum absolute atomic E-state index is 0.134. The number of nitrogens with zero attached hydrogens (tertiary/aromatic N) is 2. The molecule has 0 aromatic heterocycles. The highest BCUT2D eigenvalue weighted by atomic mass is 16.5. The number of rotatable bonds is 5. The molecule has 5 nitrogen and oxygen atoms in total. The Bertz CT molecular complexity index is 545. The van der Waals surface area contributed by atoms with Crippen molar-refractivity contribution in [2.75, 3.05) is 20.2 Å². The van der Waals surface area contributed by atoms with Crippen LogP contribution in [0.25, 0.3) is 0 Å². The van der Waals surface area contributed by atoms with Crippen LogP contribution in [0.2, 0.25) is 0 Å². The van der Waals surface area contributed by atoms with Gasteiger partial charge in [0.25, 0.3) is 5.91 Å². The maximum Gasteiger partial charge on any atom is 0.260 e. The lowest BCUT2D eigenvalue weighted by Gasteiger charge is -2.28. The Labute approximate surface area is 124 Å². The van der Waals surface area contributed by atoms with Crippen molar-refractivity contribution in [3.63, 3.8) is 0 Å². The van der Waals surface area contributed by atoms with Crippen LogP contribution in [-0.2, 0) is 4.79 Å². The Balaban J connectivity index is 1.88. The Hall–Kier alpha value is -2.06. The van der Waals surface area contributed by atoms with Crippen LogP contribution in [0.1, 0.15) is 31.2 Å². The van der Waals surface area contributed by atoms with Crippen LogP contribution in [-0.4, -0.2) is 41.7 Å². The molecule has 1 aliphatic rings. The van der Waals surface area contributed by atoms with Gasteiger partial charge in [-0.25, -0.2) is 0 Å². The number of aliphatic hydroxyl groups is 1. The lowest BCUT2D eigenvalue weighted by Crippen LogP contribution is -2.43. The molecule has 2 rings (SSSR count). The first-order valence-corrected chi connectivity index (χ1v) is 7.12. The van der Waals surface area contributed by atoms with Crippen LogP contribution >= 0.6 is 0 Å². The number of nitriles is 1. The summed E-state index contributed by atoms with van der Waals surface area (Å²) in [6.45, 7) is 0.195. The lowest BCUT2D eigenvalue weighted by molar-refractivity contribution is -0.135. The van der Waals surface area contributed by atoms with E-state index in [4.69, 9.17) is 10.00 Å². The van der Waals surface area contributed by atoms with Crippen LogP contribution in [0.5, 0.6) is 5.75 Å². The SMILES string of the molecule is CN(CC1(O)CCCC1)C(=O)COc1ccccc1C#N. The molecule has 0 aliphatic heterocycles. The summed E-state index contributed by atoms with van der Waals surface area (Å²) in [5, 5.41) is 19.3. The standard InChI is InChI=1S/C16H20N2O3/c1-18(12-16(20)8-4-5-9-16)15(19)11-21-14-7-3-2-6-13(14)10-17/h2-3,6-7,20H,4-5,8-9,11-12H2,1H3. The molecule has 0 atom stereocenters. The number of hydrogen-bond donors (Lipinski definition) is 1. The first kappa shape index (κ1) is 15.3. The highest BCUT2D eigenvalue weighted by Gasteiger charge is 2.33. The van der Waals surface area contributed by atoms with Crippen molar-refractivity contribution in [3.8, 4) is 11.8 Å². The van der Waals surface area contributed by atoms with Gasteiger partial charge in [-0.2, -0.15) is 5.26 Å². The third kappa shape index (κ3) is 3.96. The van der Waals surface area contributed by atoms with Gasteiger partial charge in [-0.15, -0.1) is 0 Å². The highest BCUT2D eigenvalue weighted by molar-refractivity contribution is 5.77. The molecule has 0 spiro atoms. The topological polar surface area (TPSA) is 73.6 Å². The molecule has 5 heteroatoms. The zero-order chi connectivity index (χ0) is 15.3. The summed E-state index contributed by atoms with van der Waals surface area (Å²) in [6, 6.07) is 8.83. The van der Waals surface area contributed by atoms with E-state index in [-0.39, 0.29) is 12.5 Å². The fourth-order valence-corrected chi connectivity index (χ4v) is 2.66. The van der Waals surface area contributed by atoms with Crippen molar-refractivity contribution in [1.82, 2.24) is 4.90 Å². The van der Waals surface area contributed by atoms with E-state index in [0.29, 0.717) is 17.9 Å². The average Bonchev–Trinajstić information content (AvgIpc) is 2.91. The van der Waals surface area contributed by atoms with E-state index >= 15 is 0 Å². The zero-order valence-electron chi connectivity index (χ0n) is 12.2. The van der Waals surface area contributed by atoms with Crippen molar-refractivity contribution in [3.05, 3.63) is 29.8 Å². The van der Waals surface area contributed by atoms with E-state index < -0.39 is 5.60 Å². The molecule has 1 N–H and O–H groups in total. The molecule has 0 heterocycles. The van der Waals surface area contributed by atoms with Crippen LogP contribution in [0.4, 0.5) is 0 Å². The van der Waals surface area contributed by atoms with Crippen LogP contribution < -0.4 is 4.74 Å². The Morgan fingerprint density at radius 3 is 2.76 bits per heavy atom. The molecule has 0 unspecified atom stereocenters. The molecule has 0 saturated heterocycles. The second-order valence-corrected chi connectivity index (χ2v) is 5.58. The second-order valence-electron chi connectivity index (χ2n) is 5.58. The van der Waals surface area contributed by atoms with Crippen LogP contribution in [0.3, 0.4) is 0 Å². The molecule has 1 amide bonds. The third-order valence-electron chi connectivity index (χ3n) is 3.85. The monoisotopic (exact) mass is 288 g/mol. The number of benzene rings is 1. The summed E-state index contributed by atoms with van der Waals surface area (Å²) in [5.41, 5.74) is -0.350. The predicted molar refractivity (Wildman–Crippen MR) is 77.7 cm³/mol. The molecule has 0 radical (unpaired) electrons. The van der Waals surface area contributed by atoms with Crippen LogP contribution in [0, 0.1) is 11.3 Å². The Kier molecular flexibility index (Phi) is 4.81. The molecular weight excluding hydrogens is 268 g/mol. The number of para-hydroxylation sites is 1. The summed E-state index contributed by atoms with van der Waals surface area (Å²) >= 11 is 0. The van der Waals surface area contributed by atoms with Gasteiger partial charge in [-0.3, -0.25) is 4.79 Å². The molecule has 1 aromatic rings. The van der Waals surface area contributed by atoms with Gasteiger partial charge in [-0.1, -0.05) is 25.0 Å². The number of carbonyl (C=O) groups excluding carboxylic acids is 1. The molecule has 1 aliphatic carbocycles. The van der Waals surface area contributed by atoms with E-state index in [0.717, 1.165) is 25.7 Å². The molecule has 1 aromatic carbocycles. The Morgan fingerprint density at radius 2 is 2.10 bits per heavy atom. The number of carbonyl (C=O) groups is 1. The summed E-state index contributed by atoms with van der Waals surface area (Å²) in [6.07, 6.45) is 3.49. The van der Waals surface area contributed by atoms with Gasteiger partial charge in [0.2, 0.25) is 0 Å². The molecule has 0 bridgehead atoms.